The van der Waals surface area contributed by atoms with Crippen LogP contribution in [0.25, 0.3) is 0 Å². The summed E-state index contributed by atoms with van der Waals surface area (Å²) >= 11 is 0. The summed E-state index contributed by atoms with van der Waals surface area (Å²) in [6.07, 6.45) is 1.54. The number of rotatable bonds is 5. The van der Waals surface area contributed by atoms with Crippen molar-refractivity contribution < 1.29 is 14.3 Å². The lowest BCUT2D eigenvalue weighted by atomic mass is 10.1. The minimum Gasteiger partial charge on any atom is -0.352 e. The molecular formula is C11H22N2O3. The van der Waals surface area contributed by atoms with Gasteiger partial charge in [-0.25, -0.2) is 0 Å². The van der Waals surface area contributed by atoms with Crippen LogP contribution in [0, 0.1) is 0 Å². The largest absolute Gasteiger partial charge is 0.352 e. The monoisotopic (exact) mass is 230 g/mol. The standard InChI is InChI=1S/C11H22N2O3/c1-4-5-9(12)10(14)13-6-8-7-15-11(2,3)16-8/h8-9H,4-7,12H2,1-3H3,(H,13,14)/t8?,9-/m0/s1. The second kappa shape index (κ2) is 5.61. The molecule has 1 saturated heterocycles. The van der Waals surface area contributed by atoms with Gasteiger partial charge in [-0.2, -0.15) is 0 Å². The number of nitrogens with two attached hydrogens (primary N) is 1. The first kappa shape index (κ1) is 13.4. The maximum atomic E-state index is 11.5. The fraction of sp³-hybridized carbons (Fsp3) is 0.909. The molecule has 1 amide bonds. The van der Waals surface area contributed by atoms with Gasteiger partial charge in [-0.1, -0.05) is 13.3 Å². The van der Waals surface area contributed by atoms with Gasteiger partial charge in [-0.3, -0.25) is 4.79 Å². The fourth-order valence-electron chi connectivity index (χ4n) is 1.65. The molecule has 2 atom stereocenters. The van der Waals surface area contributed by atoms with E-state index in [1.165, 1.54) is 0 Å². The van der Waals surface area contributed by atoms with Crippen LogP contribution in [0.1, 0.15) is 33.6 Å². The van der Waals surface area contributed by atoms with Crippen molar-refractivity contribution in [2.24, 2.45) is 5.73 Å². The molecule has 0 aliphatic carbocycles. The summed E-state index contributed by atoms with van der Waals surface area (Å²) in [5, 5.41) is 2.78. The Morgan fingerprint density at radius 1 is 1.62 bits per heavy atom. The van der Waals surface area contributed by atoms with Gasteiger partial charge in [0.1, 0.15) is 6.10 Å². The number of nitrogens with one attached hydrogen (secondary N) is 1. The molecule has 5 heteroatoms. The summed E-state index contributed by atoms with van der Waals surface area (Å²) < 4.78 is 10.9. The van der Waals surface area contributed by atoms with Gasteiger partial charge >= 0.3 is 0 Å². The molecule has 1 rings (SSSR count). The minimum absolute atomic E-state index is 0.0761. The molecule has 1 aliphatic rings. The molecule has 1 aliphatic heterocycles. The molecule has 0 aromatic heterocycles. The smallest absolute Gasteiger partial charge is 0.237 e. The Balaban J connectivity index is 2.22. The van der Waals surface area contributed by atoms with Gasteiger partial charge in [0, 0.05) is 6.54 Å². The number of amides is 1. The van der Waals surface area contributed by atoms with Crippen molar-refractivity contribution in [2.75, 3.05) is 13.2 Å². The van der Waals surface area contributed by atoms with Crippen molar-refractivity contribution in [3.63, 3.8) is 0 Å². The van der Waals surface area contributed by atoms with E-state index in [2.05, 4.69) is 5.32 Å². The van der Waals surface area contributed by atoms with E-state index >= 15 is 0 Å². The molecule has 16 heavy (non-hydrogen) atoms. The molecule has 0 saturated carbocycles. The van der Waals surface area contributed by atoms with Crippen molar-refractivity contribution in [1.29, 1.82) is 0 Å². The lowest BCUT2D eigenvalue weighted by Crippen LogP contribution is -2.44. The number of hydrogen-bond acceptors (Lipinski definition) is 4. The molecular weight excluding hydrogens is 208 g/mol. The minimum atomic E-state index is -0.541. The predicted molar refractivity (Wildman–Crippen MR) is 60.8 cm³/mol. The molecule has 1 unspecified atom stereocenters. The van der Waals surface area contributed by atoms with Crippen LogP contribution in [0.5, 0.6) is 0 Å². The fourth-order valence-corrected chi connectivity index (χ4v) is 1.65. The number of carbonyl (C=O) groups excluding carboxylic acids is 1. The van der Waals surface area contributed by atoms with Crippen LogP contribution < -0.4 is 11.1 Å². The third-order valence-corrected chi connectivity index (χ3v) is 2.51. The summed E-state index contributed by atoms with van der Waals surface area (Å²) in [5.74, 6) is -0.656. The lowest BCUT2D eigenvalue weighted by Gasteiger charge is -2.18. The normalized spacial score (nSPS) is 25.4. The Morgan fingerprint density at radius 2 is 2.31 bits per heavy atom. The quantitative estimate of drug-likeness (QED) is 0.716. The van der Waals surface area contributed by atoms with Gasteiger partial charge in [-0.05, 0) is 20.3 Å². The maximum Gasteiger partial charge on any atom is 0.237 e. The summed E-state index contributed by atoms with van der Waals surface area (Å²) in [6.45, 7) is 6.69. The zero-order chi connectivity index (χ0) is 12.2. The SMILES string of the molecule is CCC[C@H](N)C(=O)NCC1COC(C)(C)O1. The van der Waals surface area contributed by atoms with Crippen LogP contribution in [0.15, 0.2) is 0 Å². The summed E-state index contributed by atoms with van der Waals surface area (Å²) in [7, 11) is 0. The first-order valence-electron chi connectivity index (χ1n) is 5.79. The molecule has 0 spiro atoms. The van der Waals surface area contributed by atoms with Crippen LogP contribution in [0.2, 0.25) is 0 Å². The average Bonchev–Trinajstić information content (AvgIpc) is 2.55. The van der Waals surface area contributed by atoms with E-state index in [9.17, 15) is 4.79 Å². The van der Waals surface area contributed by atoms with Crippen molar-refractivity contribution >= 4 is 5.91 Å². The zero-order valence-corrected chi connectivity index (χ0v) is 10.3. The number of ether oxygens (including phenoxy) is 2. The van der Waals surface area contributed by atoms with Gasteiger partial charge in [0.2, 0.25) is 5.91 Å². The highest BCUT2D eigenvalue weighted by molar-refractivity contribution is 5.81. The molecule has 94 valence electrons. The Hall–Kier alpha value is -0.650. The first-order valence-corrected chi connectivity index (χ1v) is 5.79. The highest BCUT2D eigenvalue weighted by atomic mass is 16.7. The topological polar surface area (TPSA) is 73.6 Å². The van der Waals surface area contributed by atoms with Crippen LogP contribution >= 0.6 is 0 Å². The van der Waals surface area contributed by atoms with Crippen LogP contribution in [-0.2, 0) is 14.3 Å². The van der Waals surface area contributed by atoms with E-state index in [1.807, 2.05) is 20.8 Å². The van der Waals surface area contributed by atoms with E-state index in [0.29, 0.717) is 19.6 Å². The van der Waals surface area contributed by atoms with Gasteiger partial charge in [0.25, 0.3) is 0 Å². The van der Waals surface area contributed by atoms with Gasteiger partial charge in [0.05, 0.1) is 12.6 Å². The number of hydrogen-bond donors (Lipinski definition) is 2. The Labute approximate surface area is 96.7 Å². The summed E-state index contributed by atoms with van der Waals surface area (Å²) in [6, 6.07) is -0.416. The molecule has 3 N–H and O–H groups in total. The maximum absolute atomic E-state index is 11.5. The lowest BCUT2D eigenvalue weighted by molar-refractivity contribution is -0.139. The van der Waals surface area contributed by atoms with Crippen LogP contribution in [0.3, 0.4) is 0 Å². The van der Waals surface area contributed by atoms with E-state index in [0.717, 1.165) is 6.42 Å². The third-order valence-electron chi connectivity index (χ3n) is 2.51. The molecule has 0 bridgehead atoms. The van der Waals surface area contributed by atoms with Crippen molar-refractivity contribution in [3.05, 3.63) is 0 Å². The summed E-state index contributed by atoms with van der Waals surface area (Å²) in [5.41, 5.74) is 5.68. The van der Waals surface area contributed by atoms with Gasteiger partial charge < -0.3 is 20.5 Å². The van der Waals surface area contributed by atoms with Crippen molar-refractivity contribution in [2.45, 2.75) is 51.5 Å². The molecule has 0 radical (unpaired) electrons. The van der Waals surface area contributed by atoms with E-state index in [1.54, 1.807) is 0 Å². The third kappa shape index (κ3) is 4.08. The molecule has 0 aromatic rings. The van der Waals surface area contributed by atoms with Crippen molar-refractivity contribution in [1.82, 2.24) is 5.32 Å². The molecule has 5 nitrogen and oxygen atoms in total. The Bertz CT molecular complexity index is 243. The highest BCUT2D eigenvalue weighted by Gasteiger charge is 2.32. The van der Waals surface area contributed by atoms with Crippen LogP contribution in [-0.4, -0.2) is 37.0 Å². The van der Waals surface area contributed by atoms with E-state index in [-0.39, 0.29) is 12.0 Å². The van der Waals surface area contributed by atoms with Gasteiger partial charge in [-0.15, -0.1) is 0 Å². The van der Waals surface area contributed by atoms with Gasteiger partial charge in [0.15, 0.2) is 5.79 Å². The molecule has 1 heterocycles. The Morgan fingerprint density at radius 3 is 2.81 bits per heavy atom. The first-order chi connectivity index (χ1) is 7.44. The van der Waals surface area contributed by atoms with E-state index in [4.69, 9.17) is 15.2 Å². The second-order valence-electron chi connectivity index (χ2n) is 4.59. The van der Waals surface area contributed by atoms with Crippen LogP contribution in [0.4, 0.5) is 0 Å². The van der Waals surface area contributed by atoms with E-state index < -0.39 is 11.8 Å². The Kier molecular flexibility index (Phi) is 4.70. The zero-order valence-electron chi connectivity index (χ0n) is 10.3. The molecule has 0 aromatic carbocycles. The number of carbonyl (C=O) groups is 1. The predicted octanol–water partition coefficient (Wildman–Crippen LogP) is 0.382. The average molecular weight is 230 g/mol. The second-order valence-corrected chi connectivity index (χ2v) is 4.59. The highest BCUT2D eigenvalue weighted by Crippen LogP contribution is 2.21. The molecule has 1 fully saturated rings. The van der Waals surface area contributed by atoms with Crippen molar-refractivity contribution in [3.8, 4) is 0 Å². The summed E-state index contributed by atoms with van der Waals surface area (Å²) in [4.78, 5) is 11.5.